The molecule has 0 aliphatic carbocycles. The average Bonchev–Trinajstić information content (AvgIpc) is 2.95. The third-order valence-electron chi connectivity index (χ3n) is 3.37. The molecule has 0 radical (unpaired) electrons. The fourth-order valence-corrected chi connectivity index (χ4v) is 2.29. The van der Waals surface area contributed by atoms with Crippen LogP contribution in [0.5, 0.6) is 11.5 Å². The summed E-state index contributed by atoms with van der Waals surface area (Å²) in [6.07, 6.45) is 2.21. The van der Waals surface area contributed by atoms with Crippen molar-refractivity contribution in [3.63, 3.8) is 0 Å². The fourth-order valence-electron chi connectivity index (χ4n) is 2.29. The van der Waals surface area contributed by atoms with Gasteiger partial charge >= 0.3 is 0 Å². The van der Waals surface area contributed by atoms with Crippen LogP contribution >= 0.6 is 0 Å². The van der Waals surface area contributed by atoms with Gasteiger partial charge < -0.3 is 15.0 Å². The average molecular weight is 306 g/mol. The summed E-state index contributed by atoms with van der Waals surface area (Å²) in [5, 5.41) is 2.88. The van der Waals surface area contributed by atoms with E-state index in [1.54, 1.807) is 0 Å². The van der Waals surface area contributed by atoms with Crippen molar-refractivity contribution in [2.45, 2.75) is 13.3 Å². The zero-order valence-corrected chi connectivity index (χ0v) is 12.9. The summed E-state index contributed by atoms with van der Waals surface area (Å²) in [7, 11) is 0. The van der Waals surface area contributed by atoms with Gasteiger partial charge in [0.1, 0.15) is 11.5 Å². The Labute approximate surface area is 135 Å². The molecule has 3 rings (SSSR count). The summed E-state index contributed by atoms with van der Waals surface area (Å²) in [5.74, 6) is 1.48. The van der Waals surface area contributed by atoms with Crippen molar-refractivity contribution in [3.05, 3.63) is 78.1 Å². The molecule has 0 fully saturated rings. The number of amides is 1. The first-order chi connectivity index (χ1) is 11.2. The molecule has 0 unspecified atom stereocenters. The van der Waals surface area contributed by atoms with E-state index < -0.39 is 0 Å². The van der Waals surface area contributed by atoms with Gasteiger partial charge in [0, 0.05) is 17.6 Å². The van der Waals surface area contributed by atoms with Gasteiger partial charge in [0.25, 0.3) is 0 Å². The number of hydrogen-bond acceptors (Lipinski definition) is 2. The summed E-state index contributed by atoms with van der Waals surface area (Å²) in [6, 6.07) is 18.9. The number of carbonyl (C=O) groups excluding carboxylic acids is 1. The third-order valence-corrected chi connectivity index (χ3v) is 3.37. The number of aromatic nitrogens is 1. The van der Waals surface area contributed by atoms with Crippen LogP contribution in [0.1, 0.15) is 11.3 Å². The van der Waals surface area contributed by atoms with Crippen LogP contribution in [0, 0.1) is 6.92 Å². The van der Waals surface area contributed by atoms with E-state index in [1.165, 1.54) is 0 Å². The van der Waals surface area contributed by atoms with Crippen LogP contribution in [0.4, 0.5) is 5.69 Å². The van der Waals surface area contributed by atoms with Crippen molar-refractivity contribution in [2.24, 2.45) is 0 Å². The molecule has 0 aliphatic heterocycles. The maximum Gasteiger partial charge on any atom is 0.228 e. The normalized spacial score (nSPS) is 10.3. The molecule has 0 saturated carbocycles. The van der Waals surface area contributed by atoms with E-state index in [2.05, 4.69) is 10.3 Å². The number of benzene rings is 2. The van der Waals surface area contributed by atoms with E-state index in [9.17, 15) is 4.79 Å². The molecule has 23 heavy (non-hydrogen) atoms. The lowest BCUT2D eigenvalue weighted by molar-refractivity contribution is -0.115. The fraction of sp³-hybridized carbons (Fsp3) is 0.105. The van der Waals surface area contributed by atoms with Gasteiger partial charge in [-0.25, -0.2) is 0 Å². The second-order valence-electron chi connectivity index (χ2n) is 5.36. The van der Waals surface area contributed by atoms with E-state index in [1.807, 2.05) is 73.8 Å². The lowest BCUT2D eigenvalue weighted by atomic mass is 10.2. The number of anilines is 1. The SMILES string of the molecule is Cc1cc(CC(=O)Nc2ccc(Oc3ccccc3)cc2)c[nH]1. The highest BCUT2D eigenvalue weighted by atomic mass is 16.5. The zero-order chi connectivity index (χ0) is 16.1. The Kier molecular flexibility index (Phi) is 4.43. The van der Waals surface area contributed by atoms with Gasteiger partial charge in [0.05, 0.1) is 6.42 Å². The molecule has 4 heteroatoms. The Balaban J connectivity index is 1.57. The molecule has 116 valence electrons. The Morgan fingerprint density at radius 1 is 1.04 bits per heavy atom. The molecular formula is C19H18N2O2. The summed E-state index contributed by atoms with van der Waals surface area (Å²) in [5.41, 5.74) is 2.78. The molecule has 1 aromatic heterocycles. The maximum absolute atomic E-state index is 12.0. The van der Waals surface area contributed by atoms with Crippen molar-refractivity contribution in [1.82, 2.24) is 4.98 Å². The van der Waals surface area contributed by atoms with Crippen molar-refractivity contribution >= 4 is 11.6 Å². The molecule has 0 saturated heterocycles. The molecule has 0 aliphatic rings. The lowest BCUT2D eigenvalue weighted by Gasteiger charge is -2.08. The van der Waals surface area contributed by atoms with Gasteiger partial charge in [-0.3, -0.25) is 4.79 Å². The van der Waals surface area contributed by atoms with Gasteiger partial charge in [-0.1, -0.05) is 18.2 Å². The number of H-pyrrole nitrogens is 1. The quantitative estimate of drug-likeness (QED) is 0.738. The molecule has 3 aromatic rings. The first-order valence-corrected chi connectivity index (χ1v) is 7.46. The zero-order valence-electron chi connectivity index (χ0n) is 12.9. The molecule has 2 aromatic carbocycles. The summed E-state index contributed by atoms with van der Waals surface area (Å²) < 4.78 is 5.72. The number of aromatic amines is 1. The van der Waals surface area contributed by atoms with Crippen LogP contribution in [-0.4, -0.2) is 10.9 Å². The highest BCUT2D eigenvalue weighted by Gasteiger charge is 2.06. The Hall–Kier alpha value is -3.01. The predicted octanol–water partition coefficient (Wildman–Crippen LogP) is 4.30. The summed E-state index contributed by atoms with van der Waals surface area (Å²) in [4.78, 5) is 15.1. The number of carbonyl (C=O) groups is 1. The topological polar surface area (TPSA) is 54.1 Å². The van der Waals surface area contributed by atoms with Gasteiger partial charge in [0.15, 0.2) is 0 Å². The molecule has 0 spiro atoms. The highest BCUT2D eigenvalue weighted by Crippen LogP contribution is 2.22. The largest absolute Gasteiger partial charge is 0.457 e. The lowest BCUT2D eigenvalue weighted by Crippen LogP contribution is -2.13. The van der Waals surface area contributed by atoms with Crippen LogP contribution < -0.4 is 10.1 Å². The van der Waals surface area contributed by atoms with E-state index in [0.717, 1.165) is 28.4 Å². The van der Waals surface area contributed by atoms with Crippen molar-refractivity contribution in [1.29, 1.82) is 0 Å². The van der Waals surface area contributed by atoms with Crippen LogP contribution in [0.25, 0.3) is 0 Å². The monoisotopic (exact) mass is 306 g/mol. The van der Waals surface area contributed by atoms with Gasteiger partial charge in [-0.05, 0) is 55.0 Å². The minimum absolute atomic E-state index is 0.0410. The molecular weight excluding hydrogens is 288 g/mol. The van der Waals surface area contributed by atoms with Crippen molar-refractivity contribution in [2.75, 3.05) is 5.32 Å². The molecule has 2 N–H and O–H groups in total. The minimum atomic E-state index is -0.0410. The molecule has 0 bridgehead atoms. The van der Waals surface area contributed by atoms with Gasteiger partial charge in [0.2, 0.25) is 5.91 Å². The standard InChI is InChI=1S/C19H18N2O2/c1-14-11-15(13-20-14)12-19(22)21-16-7-9-18(10-8-16)23-17-5-3-2-4-6-17/h2-11,13,20H,12H2,1H3,(H,21,22). The van der Waals surface area contributed by atoms with Crippen LogP contribution in [0.3, 0.4) is 0 Å². The van der Waals surface area contributed by atoms with Crippen LogP contribution in [0.15, 0.2) is 66.9 Å². The number of aryl methyl sites for hydroxylation is 1. The number of hydrogen-bond donors (Lipinski definition) is 2. The van der Waals surface area contributed by atoms with E-state index in [4.69, 9.17) is 4.74 Å². The van der Waals surface area contributed by atoms with Gasteiger partial charge in [-0.2, -0.15) is 0 Å². The van der Waals surface area contributed by atoms with Gasteiger partial charge in [-0.15, -0.1) is 0 Å². The van der Waals surface area contributed by atoms with Crippen LogP contribution in [-0.2, 0) is 11.2 Å². The second kappa shape index (κ2) is 6.83. The van der Waals surface area contributed by atoms with Crippen LogP contribution in [0.2, 0.25) is 0 Å². The maximum atomic E-state index is 12.0. The summed E-state index contributed by atoms with van der Waals surface area (Å²) >= 11 is 0. The molecule has 1 heterocycles. The Morgan fingerprint density at radius 3 is 2.39 bits per heavy atom. The molecule has 1 amide bonds. The minimum Gasteiger partial charge on any atom is -0.457 e. The molecule has 4 nitrogen and oxygen atoms in total. The first kappa shape index (κ1) is 14.9. The first-order valence-electron chi connectivity index (χ1n) is 7.46. The predicted molar refractivity (Wildman–Crippen MR) is 90.8 cm³/mol. The Morgan fingerprint density at radius 2 is 1.74 bits per heavy atom. The number of nitrogens with one attached hydrogen (secondary N) is 2. The smallest absolute Gasteiger partial charge is 0.228 e. The third kappa shape index (κ3) is 4.23. The number of para-hydroxylation sites is 1. The van der Waals surface area contributed by atoms with E-state index in [-0.39, 0.29) is 5.91 Å². The second-order valence-corrected chi connectivity index (χ2v) is 5.36. The van der Waals surface area contributed by atoms with Crippen molar-refractivity contribution in [3.8, 4) is 11.5 Å². The number of ether oxygens (including phenoxy) is 1. The highest BCUT2D eigenvalue weighted by molar-refractivity contribution is 5.92. The summed E-state index contributed by atoms with van der Waals surface area (Å²) in [6.45, 7) is 1.97. The van der Waals surface area contributed by atoms with E-state index in [0.29, 0.717) is 6.42 Å². The van der Waals surface area contributed by atoms with Crippen molar-refractivity contribution < 1.29 is 9.53 Å². The molecule has 0 atom stereocenters. The Bertz CT molecular complexity index is 777. The van der Waals surface area contributed by atoms with E-state index >= 15 is 0 Å². The number of rotatable bonds is 5.